The van der Waals surface area contributed by atoms with Crippen molar-refractivity contribution in [2.24, 2.45) is 0 Å². The monoisotopic (exact) mass is 477 g/mol. The standard InChI is InChI=1S/C23H16FN5O4S/c24-16-5-1-2-6-19(16)34(32,33)27-12-14-10-18(27)21-22(30)29(23(31)28(14)21)17-8-7-13(11-25)20-15(17)4-3-9-26-20/h1-9,14,18,21H,10,12H2/t14-,18-,21-/m0/s1. The lowest BCUT2D eigenvalue weighted by Gasteiger charge is -2.34. The second-order valence-corrected chi connectivity index (χ2v) is 10.3. The number of anilines is 1. The molecule has 3 atom stereocenters. The summed E-state index contributed by atoms with van der Waals surface area (Å²) < 4.78 is 41.9. The van der Waals surface area contributed by atoms with E-state index in [1.54, 1.807) is 12.1 Å². The number of aromatic nitrogens is 1. The topological polar surface area (TPSA) is 115 Å². The molecule has 3 amide bonds. The van der Waals surface area contributed by atoms with E-state index in [1.165, 1.54) is 41.4 Å². The van der Waals surface area contributed by atoms with Crippen molar-refractivity contribution in [3.8, 4) is 6.07 Å². The molecule has 3 aliphatic rings. The number of sulfonamides is 1. The van der Waals surface area contributed by atoms with Gasteiger partial charge in [-0.25, -0.2) is 22.5 Å². The SMILES string of the molecule is N#Cc1ccc(N2C(=O)[C@@H]3[C@@H]4C[C@@H](CN4S(=O)(=O)c4ccccc4F)N3C2=O)c2cccnc12. The number of hydrogen-bond donors (Lipinski definition) is 0. The third-order valence-corrected chi connectivity index (χ3v) is 8.67. The molecule has 0 aliphatic carbocycles. The summed E-state index contributed by atoms with van der Waals surface area (Å²) in [5.41, 5.74) is 0.956. The number of fused-ring (bicyclic) bond motifs is 6. The number of hydrogen-bond acceptors (Lipinski definition) is 6. The smallest absolute Gasteiger partial charge is 0.306 e. The fourth-order valence-corrected chi connectivity index (χ4v) is 7.08. The van der Waals surface area contributed by atoms with Crippen LogP contribution in [0.4, 0.5) is 14.9 Å². The Hall–Kier alpha value is -3.88. The number of nitriles is 1. The molecule has 2 bridgehead atoms. The van der Waals surface area contributed by atoms with Crippen LogP contribution < -0.4 is 4.90 Å². The minimum atomic E-state index is -4.20. The molecular formula is C23H16FN5O4S. The number of benzene rings is 2. The van der Waals surface area contributed by atoms with Crippen LogP contribution >= 0.6 is 0 Å². The molecule has 0 spiro atoms. The molecule has 3 aromatic rings. The van der Waals surface area contributed by atoms with Gasteiger partial charge in [-0.1, -0.05) is 12.1 Å². The molecule has 2 aromatic carbocycles. The van der Waals surface area contributed by atoms with Gasteiger partial charge in [0.05, 0.1) is 22.8 Å². The zero-order valence-corrected chi connectivity index (χ0v) is 18.3. The molecule has 1 aromatic heterocycles. The van der Waals surface area contributed by atoms with E-state index in [4.69, 9.17) is 0 Å². The average Bonchev–Trinajstić information content (AvgIpc) is 3.50. The van der Waals surface area contributed by atoms with Crippen LogP contribution in [-0.2, 0) is 14.8 Å². The molecule has 3 saturated heterocycles. The fourth-order valence-electron chi connectivity index (χ4n) is 5.34. The van der Waals surface area contributed by atoms with Gasteiger partial charge in [0.1, 0.15) is 22.8 Å². The summed E-state index contributed by atoms with van der Waals surface area (Å²) in [6.45, 7) is -0.0135. The predicted molar refractivity (Wildman–Crippen MR) is 117 cm³/mol. The number of urea groups is 1. The quantitative estimate of drug-likeness (QED) is 0.535. The zero-order chi connectivity index (χ0) is 23.8. The first kappa shape index (κ1) is 20.7. The first-order chi connectivity index (χ1) is 16.3. The lowest BCUT2D eigenvalue weighted by atomic mass is 10.1. The predicted octanol–water partition coefficient (Wildman–Crippen LogP) is 2.23. The fraction of sp³-hybridized carbons (Fsp3) is 0.217. The van der Waals surface area contributed by atoms with Crippen LogP contribution in [-0.4, -0.2) is 59.2 Å². The van der Waals surface area contributed by atoms with Crippen molar-refractivity contribution in [2.45, 2.75) is 29.4 Å². The lowest BCUT2D eigenvalue weighted by molar-refractivity contribution is -0.120. The van der Waals surface area contributed by atoms with Gasteiger partial charge in [-0.2, -0.15) is 9.57 Å². The lowest BCUT2D eigenvalue weighted by Crippen LogP contribution is -2.54. The molecule has 0 N–H and O–H groups in total. The third kappa shape index (κ3) is 2.60. The highest BCUT2D eigenvalue weighted by atomic mass is 32.2. The van der Waals surface area contributed by atoms with E-state index >= 15 is 0 Å². The average molecular weight is 477 g/mol. The maximum absolute atomic E-state index is 14.3. The molecule has 34 heavy (non-hydrogen) atoms. The largest absolute Gasteiger partial charge is 0.332 e. The van der Waals surface area contributed by atoms with Crippen LogP contribution in [0.1, 0.15) is 12.0 Å². The number of carbonyl (C=O) groups excluding carboxylic acids is 2. The number of carbonyl (C=O) groups is 2. The van der Waals surface area contributed by atoms with Crippen molar-refractivity contribution in [1.29, 1.82) is 5.26 Å². The van der Waals surface area contributed by atoms with E-state index in [2.05, 4.69) is 11.1 Å². The Morgan fingerprint density at radius 2 is 1.88 bits per heavy atom. The molecule has 3 fully saturated rings. The highest BCUT2D eigenvalue weighted by Crippen LogP contribution is 2.45. The molecule has 9 nitrogen and oxygen atoms in total. The van der Waals surface area contributed by atoms with Gasteiger partial charge >= 0.3 is 6.03 Å². The molecule has 4 heterocycles. The van der Waals surface area contributed by atoms with Crippen molar-refractivity contribution < 1.29 is 22.4 Å². The minimum Gasteiger partial charge on any atom is -0.306 e. The van der Waals surface area contributed by atoms with Gasteiger partial charge in [-0.3, -0.25) is 9.78 Å². The second kappa shape index (κ2) is 7.06. The highest BCUT2D eigenvalue weighted by molar-refractivity contribution is 7.89. The first-order valence-corrected chi connectivity index (χ1v) is 12.0. The maximum Gasteiger partial charge on any atom is 0.332 e. The Kier molecular flexibility index (Phi) is 4.30. The Labute approximate surface area is 193 Å². The first-order valence-electron chi connectivity index (χ1n) is 10.5. The number of nitrogens with zero attached hydrogens (tertiary/aromatic N) is 5. The van der Waals surface area contributed by atoms with Gasteiger partial charge in [0, 0.05) is 24.2 Å². The van der Waals surface area contributed by atoms with Crippen LogP contribution in [0.3, 0.4) is 0 Å². The van der Waals surface area contributed by atoms with Crippen LogP contribution in [0.2, 0.25) is 0 Å². The van der Waals surface area contributed by atoms with E-state index < -0.39 is 50.8 Å². The summed E-state index contributed by atoms with van der Waals surface area (Å²) in [5, 5.41) is 9.85. The second-order valence-electron chi connectivity index (χ2n) is 8.41. The summed E-state index contributed by atoms with van der Waals surface area (Å²) in [6, 6.07) is 10.7. The van der Waals surface area contributed by atoms with Crippen LogP contribution in [0.5, 0.6) is 0 Å². The van der Waals surface area contributed by atoms with Crippen molar-refractivity contribution >= 4 is 38.6 Å². The van der Waals surface area contributed by atoms with Gasteiger partial charge in [-0.05, 0) is 42.8 Å². The van der Waals surface area contributed by atoms with E-state index in [0.717, 1.165) is 15.3 Å². The van der Waals surface area contributed by atoms with E-state index in [1.807, 2.05) is 0 Å². The molecule has 0 unspecified atom stereocenters. The van der Waals surface area contributed by atoms with E-state index in [0.29, 0.717) is 22.9 Å². The van der Waals surface area contributed by atoms with Crippen molar-refractivity contribution in [3.63, 3.8) is 0 Å². The Bertz CT molecular complexity index is 1550. The molecule has 0 saturated carbocycles. The highest BCUT2D eigenvalue weighted by Gasteiger charge is 2.64. The number of halogens is 1. The Morgan fingerprint density at radius 1 is 1.09 bits per heavy atom. The number of piperazine rings is 1. The number of amides is 3. The normalized spacial score (nSPS) is 24.2. The maximum atomic E-state index is 14.3. The van der Waals surface area contributed by atoms with Gasteiger partial charge in [0.15, 0.2) is 0 Å². The Balaban J connectivity index is 1.41. The van der Waals surface area contributed by atoms with Gasteiger partial charge < -0.3 is 4.90 Å². The van der Waals surface area contributed by atoms with Crippen molar-refractivity contribution in [2.75, 3.05) is 11.4 Å². The zero-order valence-electron chi connectivity index (χ0n) is 17.5. The third-order valence-electron chi connectivity index (χ3n) is 6.75. The molecular weight excluding hydrogens is 461 g/mol. The Morgan fingerprint density at radius 3 is 2.65 bits per heavy atom. The van der Waals surface area contributed by atoms with Crippen LogP contribution in [0, 0.1) is 17.1 Å². The van der Waals surface area contributed by atoms with Gasteiger partial charge in [0.25, 0.3) is 5.91 Å². The molecule has 3 aliphatic heterocycles. The van der Waals surface area contributed by atoms with Gasteiger partial charge in [-0.15, -0.1) is 0 Å². The van der Waals surface area contributed by atoms with Crippen molar-refractivity contribution in [3.05, 3.63) is 66.1 Å². The van der Waals surface area contributed by atoms with E-state index in [-0.39, 0.29) is 12.2 Å². The minimum absolute atomic E-state index is 0.0135. The number of imide groups is 1. The summed E-state index contributed by atoms with van der Waals surface area (Å²) in [6.07, 6.45) is 1.82. The van der Waals surface area contributed by atoms with Crippen molar-refractivity contribution in [1.82, 2.24) is 14.2 Å². The van der Waals surface area contributed by atoms with Gasteiger partial charge in [0.2, 0.25) is 10.0 Å². The number of pyridine rings is 1. The number of rotatable bonds is 3. The molecule has 11 heteroatoms. The summed E-state index contributed by atoms with van der Waals surface area (Å²) in [7, 11) is -4.20. The molecule has 6 rings (SSSR count). The molecule has 170 valence electrons. The summed E-state index contributed by atoms with van der Waals surface area (Å²) in [5.74, 6) is -1.42. The molecule has 0 radical (unpaired) electrons. The van der Waals surface area contributed by atoms with Crippen LogP contribution in [0.15, 0.2) is 59.6 Å². The summed E-state index contributed by atoms with van der Waals surface area (Å²) in [4.78, 5) is 33.2. The van der Waals surface area contributed by atoms with E-state index in [9.17, 15) is 27.7 Å². The summed E-state index contributed by atoms with van der Waals surface area (Å²) >= 11 is 0. The van der Waals surface area contributed by atoms with Crippen LogP contribution in [0.25, 0.3) is 10.9 Å².